The Hall–Kier alpha value is -2.63. The molecule has 104 valence electrons. The van der Waals surface area contributed by atoms with Crippen LogP contribution in [0, 0.1) is 6.92 Å². The number of nitrogens with one attached hydrogen (secondary N) is 1. The van der Waals surface area contributed by atoms with Gasteiger partial charge in [0.05, 0.1) is 24.9 Å². The van der Waals surface area contributed by atoms with Crippen molar-refractivity contribution in [1.82, 2.24) is 15.3 Å². The van der Waals surface area contributed by atoms with Crippen LogP contribution in [-0.4, -0.2) is 23.0 Å². The van der Waals surface area contributed by atoms with Gasteiger partial charge in [0.15, 0.2) is 0 Å². The van der Waals surface area contributed by atoms with Crippen molar-refractivity contribution in [2.24, 2.45) is 0 Å². The Kier molecular flexibility index (Phi) is 4.14. The molecule has 6 heteroatoms. The monoisotopic (exact) mass is 272 g/mol. The number of benzene rings is 1. The molecule has 6 nitrogen and oxygen atoms in total. The van der Waals surface area contributed by atoms with Crippen molar-refractivity contribution in [3.63, 3.8) is 0 Å². The van der Waals surface area contributed by atoms with Crippen molar-refractivity contribution in [3.05, 3.63) is 47.5 Å². The lowest BCUT2D eigenvalue weighted by atomic mass is 10.1. The van der Waals surface area contributed by atoms with Crippen molar-refractivity contribution >= 4 is 11.6 Å². The Bertz CT molecular complexity index is 628. The van der Waals surface area contributed by atoms with E-state index in [0.29, 0.717) is 29.4 Å². The van der Waals surface area contributed by atoms with Crippen LogP contribution in [0.1, 0.15) is 21.9 Å². The van der Waals surface area contributed by atoms with Crippen LogP contribution in [0.3, 0.4) is 0 Å². The SMILES string of the molecule is COc1cc(N)ccc1C(=O)NCc1ccnc(C)n1. The minimum absolute atomic E-state index is 0.238. The topological polar surface area (TPSA) is 90.1 Å². The predicted octanol–water partition coefficient (Wildman–Crippen LogP) is 1.31. The predicted molar refractivity (Wildman–Crippen MR) is 75.3 cm³/mol. The molecule has 3 N–H and O–H groups in total. The molecule has 1 amide bonds. The highest BCUT2D eigenvalue weighted by Crippen LogP contribution is 2.21. The van der Waals surface area contributed by atoms with Crippen LogP contribution in [-0.2, 0) is 6.54 Å². The van der Waals surface area contributed by atoms with E-state index in [9.17, 15) is 4.79 Å². The number of hydrogen-bond donors (Lipinski definition) is 2. The van der Waals surface area contributed by atoms with Gasteiger partial charge in [-0.15, -0.1) is 0 Å². The van der Waals surface area contributed by atoms with E-state index in [2.05, 4.69) is 15.3 Å². The third-order valence-electron chi connectivity index (χ3n) is 2.73. The summed E-state index contributed by atoms with van der Waals surface area (Å²) in [6.45, 7) is 2.13. The fourth-order valence-corrected chi connectivity index (χ4v) is 1.77. The molecular formula is C14H16N4O2. The van der Waals surface area contributed by atoms with Gasteiger partial charge < -0.3 is 15.8 Å². The maximum Gasteiger partial charge on any atom is 0.255 e. The van der Waals surface area contributed by atoms with Gasteiger partial charge in [0, 0.05) is 18.0 Å². The number of methoxy groups -OCH3 is 1. The van der Waals surface area contributed by atoms with Crippen molar-refractivity contribution < 1.29 is 9.53 Å². The van der Waals surface area contributed by atoms with Crippen LogP contribution in [0.5, 0.6) is 5.75 Å². The number of rotatable bonds is 4. The van der Waals surface area contributed by atoms with Gasteiger partial charge in [0.2, 0.25) is 0 Å². The molecule has 0 saturated carbocycles. The first-order valence-electron chi connectivity index (χ1n) is 6.10. The van der Waals surface area contributed by atoms with Crippen LogP contribution >= 0.6 is 0 Å². The average molecular weight is 272 g/mol. The van der Waals surface area contributed by atoms with E-state index in [-0.39, 0.29) is 5.91 Å². The molecule has 0 radical (unpaired) electrons. The Morgan fingerprint density at radius 3 is 2.90 bits per heavy atom. The highest BCUT2D eigenvalue weighted by Gasteiger charge is 2.12. The third-order valence-corrected chi connectivity index (χ3v) is 2.73. The van der Waals surface area contributed by atoms with Gasteiger partial charge in [0.25, 0.3) is 5.91 Å². The summed E-state index contributed by atoms with van der Waals surface area (Å²) < 4.78 is 5.15. The van der Waals surface area contributed by atoms with Crippen molar-refractivity contribution in [2.75, 3.05) is 12.8 Å². The quantitative estimate of drug-likeness (QED) is 0.819. The lowest BCUT2D eigenvalue weighted by Gasteiger charge is -2.10. The first-order chi connectivity index (χ1) is 9.60. The van der Waals surface area contributed by atoms with Crippen molar-refractivity contribution in [1.29, 1.82) is 0 Å². The number of nitrogens with two attached hydrogens (primary N) is 1. The number of carbonyl (C=O) groups excluding carboxylic acids is 1. The number of hydrogen-bond acceptors (Lipinski definition) is 5. The molecule has 2 aromatic rings. The largest absolute Gasteiger partial charge is 0.496 e. The molecule has 0 bridgehead atoms. The summed E-state index contributed by atoms with van der Waals surface area (Å²) in [5, 5.41) is 2.79. The smallest absolute Gasteiger partial charge is 0.255 e. The zero-order valence-corrected chi connectivity index (χ0v) is 11.4. The van der Waals surface area contributed by atoms with Gasteiger partial charge in [-0.25, -0.2) is 9.97 Å². The number of nitrogens with zero attached hydrogens (tertiary/aromatic N) is 2. The molecule has 0 aliphatic carbocycles. The van der Waals surface area contributed by atoms with E-state index in [1.54, 1.807) is 37.4 Å². The molecule has 0 spiro atoms. The summed E-state index contributed by atoms with van der Waals surface area (Å²) in [7, 11) is 1.50. The fourth-order valence-electron chi connectivity index (χ4n) is 1.77. The third kappa shape index (κ3) is 3.23. The maximum atomic E-state index is 12.1. The van der Waals surface area contributed by atoms with Gasteiger partial charge in [0.1, 0.15) is 11.6 Å². The fraction of sp³-hybridized carbons (Fsp3) is 0.214. The van der Waals surface area contributed by atoms with E-state index in [1.807, 2.05) is 0 Å². The molecule has 0 saturated heterocycles. The standard InChI is InChI=1S/C14H16N4O2/c1-9-16-6-5-11(18-9)8-17-14(19)12-4-3-10(15)7-13(12)20-2/h3-7H,8,15H2,1-2H3,(H,17,19). The molecule has 0 fully saturated rings. The van der Waals surface area contributed by atoms with Gasteiger partial charge >= 0.3 is 0 Å². The van der Waals surface area contributed by atoms with Crippen LogP contribution in [0.2, 0.25) is 0 Å². The second-order valence-electron chi connectivity index (χ2n) is 4.24. The van der Waals surface area contributed by atoms with E-state index < -0.39 is 0 Å². The molecule has 1 heterocycles. The molecule has 0 aliphatic heterocycles. The number of aromatic nitrogens is 2. The summed E-state index contributed by atoms with van der Waals surface area (Å²) in [5.74, 6) is 0.876. The van der Waals surface area contributed by atoms with Crippen LogP contribution < -0.4 is 15.8 Å². The Morgan fingerprint density at radius 1 is 1.40 bits per heavy atom. The van der Waals surface area contributed by atoms with E-state index >= 15 is 0 Å². The Labute approximate surface area is 117 Å². The number of ether oxygens (including phenoxy) is 1. The summed E-state index contributed by atoms with van der Waals surface area (Å²) in [5.41, 5.74) is 7.39. The average Bonchev–Trinajstić information content (AvgIpc) is 2.44. The van der Waals surface area contributed by atoms with Gasteiger partial charge in [-0.2, -0.15) is 0 Å². The zero-order valence-electron chi connectivity index (χ0n) is 11.4. The summed E-state index contributed by atoms with van der Waals surface area (Å²) >= 11 is 0. The first-order valence-corrected chi connectivity index (χ1v) is 6.10. The summed E-state index contributed by atoms with van der Waals surface area (Å²) in [6.07, 6.45) is 1.66. The Balaban J connectivity index is 2.09. The molecule has 2 rings (SSSR count). The van der Waals surface area contributed by atoms with Crippen LogP contribution in [0.25, 0.3) is 0 Å². The molecule has 0 atom stereocenters. The number of anilines is 1. The van der Waals surface area contributed by atoms with Gasteiger partial charge in [-0.05, 0) is 25.1 Å². The van der Waals surface area contributed by atoms with Gasteiger partial charge in [-0.3, -0.25) is 4.79 Å². The first kappa shape index (κ1) is 13.8. The van der Waals surface area contributed by atoms with Crippen LogP contribution in [0.4, 0.5) is 5.69 Å². The normalized spacial score (nSPS) is 10.1. The summed E-state index contributed by atoms with van der Waals surface area (Å²) in [4.78, 5) is 20.3. The molecule has 1 aromatic carbocycles. The summed E-state index contributed by atoms with van der Waals surface area (Å²) in [6, 6.07) is 6.66. The number of amides is 1. The number of aryl methyl sites for hydroxylation is 1. The minimum Gasteiger partial charge on any atom is -0.496 e. The van der Waals surface area contributed by atoms with Gasteiger partial charge in [-0.1, -0.05) is 0 Å². The second-order valence-corrected chi connectivity index (χ2v) is 4.24. The Morgan fingerprint density at radius 2 is 2.20 bits per heavy atom. The second kappa shape index (κ2) is 6.01. The lowest BCUT2D eigenvalue weighted by Crippen LogP contribution is -2.24. The molecule has 0 aliphatic rings. The molecular weight excluding hydrogens is 256 g/mol. The van der Waals surface area contributed by atoms with E-state index in [4.69, 9.17) is 10.5 Å². The lowest BCUT2D eigenvalue weighted by molar-refractivity contribution is 0.0947. The molecule has 20 heavy (non-hydrogen) atoms. The van der Waals surface area contributed by atoms with E-state index in [1.165, 1.54) is 7.11 Å². The van der Waals surface area contributed by atoms with Crippen molar-refractivity contribution in [2.45, 2.75) is 13.5 Å². The van der Waals surface area contributed by atoms with Crippen molar-refractivity contribution in [3.8, 4) is 5.75 Å². The maximum absolute atomic E-state index is 12.1. The zero-order chi connectivity index (χ0) is 14.5. The molecule has 1 aromatic heterocycles. The highest BCUT2D eigenvalue weighted by atomic mass is 16.5. The molecule has 0 unspecified atom stereocenters. The van der Waals surface area contributed by atoms with Crippen LogP contribution in [0.15, 0.2) is 30.5 Å². The highest BCUT2D eigenvalue weighted by molar-refractivity contribution is 5.97. The number of nitrogen functional groups attached to an aromatic ring is 1. The van der Waals surface area contributed by atoms with E-state index in [0.717, 1.165) is 5.69 Å². The minimum atomic E-state index is -0.238. The number of carbonyl (C=O) groups is 1.